The van der Waals surface area contributed by atoms with Gasteiger partial charge < -0.3 is 10.6 Å². The number of benzene rings is 2. The molecule has 0 aliphatic heterocycles. The van der Waals surface area contributed by atoms with E-state index in [0.717, 1.165) is 18.2 Å². The molecule has 0 atom stereocenters. The molecule has 3 rings (SSSR count). The van der Waals surface area contributed by atoms with Crippen molar-refractivity contribution >= 4 is 23.0 Å². The Morgan fingerprint density at radius 3 is 2.46 bits per heavy atom. The Bertz CT molecular complexity index is 978. The van der Waals surface area contributed by atoms with Gasteiger partial charge in [0.05, 0.1) is 23.1 Å². The smallest absolute Gasteiger partial charge is 0.257 e. The molecule has 0 aliphatic rings. The zero-order chi connectivity index (χ0) is 18.7. The highest BCUT2D eigenvalue weighted by Gasteiger charge is 2.14. The van der Waals surface area contributed by atoms with Crippen molar-refractivity contribution in [2.75, 3.05) is 10.6 Å². The summed E-state index contributed by atoms with van der Waals surface area (Å²) in [5.74, 6) is -5.39. The second-order valence-electron chi connectivity index (χ2n) is 5.27. The van der Waals surface area contributed by atoms with E-state index < -0.39 is 29.2 Å². The molecule has 0 radical (unpaired) electrons. The first-order valence-electron chi connectivity index (χ1n) is 7.36. The van der Waals surface area contributed by atoms with Gasteiger partial charge in [-0.2, -0.15) is 0 Å². The van der Waals surface area contributed by atoms with Gasteiger partial charge in [0.1, 0.15) is 5.82 Å². The fourth-order valence-electron chi connectivity index (χ4n) is 2.18. The van der Waals surface area contributed by atoms with Crippen LogP contribution >= 0.6 is 0 Å². The van der Waals surface area contributed by atoms with Crippen molar-refractivity contribution in [3.8, 4) is 0 Å². The minimum absolute atomic E-state index is 0.0993. The number of amides is 1. The van der Waals surface area contributed by atoms with Crippen LogP contribution in [0.15, 0.2) is 54.9 Å². The average molecular weight is 361 g/mol. The van der Waals surface area contributed by atoms with Gasteiger partial charge in [0.15, 0.2) is 17.5 Å². The third-order valence-corrected chi connectivity index (χ3v) is 3.40. The van der Waals surface area contributed by atoms with Gasteiger partial charge in [0.2, 0.25) is 0 Å². The van der Waals surface area contributed by atoms with E-state index in [1.807, 2.05) is 0 Å². The molecule has 2 aromatic carbocycles. The summed E-state index contributed by atoms with van der Waals surface area (Å²) in [6.07, 6.45) is 2.53. The van der Waals surface area contributed by atoms with Crippen molar-refractivity contribution in [3.05, 3.63) is 83.7 Å². The van der Waals surface area contributed by atoms with Crippen molar-refractivity contribution < 1.29 is 22.4 Å². The number of rotatable bonds is 4. The maximum absolute atomic E-state index is 13.7. The molecule has 1 amide bonds. The van der Waals surface area contributed by atoms with E-state index >= 15 is 0 Å². The number of hydrogen-bond acceptors (Lipinski definition) is 3. The van der Waals surface area contributed by atoms with E-state index in [1.165, 1.54) is 36.7 Å². The largest absolute Gasteiger partial charge is 0.352 e. The summed E-state index contributed by atoms with van der Waals surface area (Å²) in [6, 6.07) is 8.45. The number of carbonyl (C=O) groups is 1. The zero-order valence-electron chi connectivity index (χ0n) is 13.1. The molecule has 2 N–H and O–H groups in total. The fourth-order valence-corrected chi connectivity index (χ4v) is 2.18. The fraction of sp³-hybridized carbons (Fsp3) is 0. The molecule has 3 aromatic rings. The normalized spacial score (nSPS) is 10.5. The number of aromatic nitrogens is 1. The molecule has 1 heterocycles. The van der Waals surface area contributed by atoms with Gasteiger partial charge in [-0.05, 0) is 36.4 Å². The second-order valence-corrected chi connectivity index (χ2v) is 5.27. The molecule has 0 aliphatic carbocycles. The topological polar surface area (TPSA) is 54.0 Å². The number of halogens is 4. The molecule has 4 nitrogen and oxygen atoms in total. The number of hydrogen-bond donors (Lipinski definition) is 2. The molecule has 132 valence electrons. The van der Waals surface area contributed by atoms with Crippen LogP contribution in [-0.4, -0.2) is 10.9 Å². The SMILES string of the molecule is O=C(Nc1cccc(F)c1)c1cncc(Nc2ccc(F)c(F)c2F)c1. The predicted octanol–water partition coefficient (Wildman–Crippen LogP) is 4.63. The van der Waals surface area contributed by atoms with Crippen LogP contribution in [0.3, 0.4) is 0 Å². The molecule has 0 saturated heterocycles. The van der Waals surface area contributed by atoms with Gasteiger partial charge in [-0.3, -0.25) is 9.78 Å². The Hall–Kier alpha value is -3.42. The number of nitrogens with one attached hydrogen (secondary N) is 2. The Labute approximate surface area is 145 Å². The Balaban J connectivity index is 1.80. The van der Waals surface area contributed by atoms with Crippen molar-refractivity contribution in [2.24, 2.45) is 0 Å². The van der Waals surface area contributed by atoms with Crippen LogP contribution in [0.1, 0.15) is 10.4 Å². The van der Waals surface area contributed by atoms with Gasteiger partial charge in [-0.1, -0.05) is 6.07 Å². The van der Waals surface area contributed by atoms with Crippen LogP contribution in [0.25, 0.3) is 0 Å². The molecule has 0 unspecified atom stereocenters. The molecule has 8 heteroatoms. The van der Waals surface area contributed by atoms with E-state index in [2.05, 4.69) is 15.6 Å². The van der Waals surface area contributed by atoms with Crippen LogP contribution < -0.4 is 10.6 Å². The van der Waals surface area contributed by atoms with Gasteiger partial charge in [0, 0.05) is 11.9 Å². The van der Waals surface area contributed by atoms with Gasteiger partial charge >= 0.3 is 0 Å². The van der Waals surface area contributed by atoms with E-state index in [-0.39, 0.29) is 22.6 Å². The monoisotopic (exact) mass is 361 g/mol. The third-order valence-electron chi connectivity index (χ3n) is 3.40. The highest BCUT2D eigenvalue weighted by Crippen LogP contribution is 2.24. The Kier molecular flexibility index (Phi) is 4.83. The minimum Gasteiger partial charge on any atom is -0.352 e. The molecule has 0 spiro atoms. The van der Waals surface area contributed by atoms with Crippen LogP contribution in [0, 0.1) is 23.3 Å². The maximum atomic E-state index is 13.7. The van der Waals surface area contributed by atoms with E-state index in [9.17, 15) is 22.4 Å². The highest BCUT2D eigenvalue weighted by molar-refractivity contribution is 6.04. The summed E-state index contributed by atoms with van der Waals surface area (Å²) in [7, 11) is 0. The molecular formula is C18H11F4N3O. The molecule has 1 aromatic heterocycles. The standard InChI is InChI=1S/C18H11F4N3O/c19-11-2-1-3-12(7-11)25-18(26)10-6-13(9-23-8-10)24-15-5-4-14(20)16(21)17(15)22/h1-9,24H,(H,25,26). The summed E-state index contributed by atoms with van der Waals surface area (Å²) >= 11 is 0. The zero-order valence-corrected chi connectivity index (χ0v) is 13.1. The molecular weight excluding hydrogens is 350 g/mol. The lowest BCUT2D eigenvalue weighted by Crippen LogP contribution is -2.12. The van der Waals surface area contributed by atoms with Crippen molar-refractivity contribution in [2.45, 2.75) is 0 Å². The van der Waals surface area contributed by atoms with Crippen LogP contribution in [0.2, 0.25) is 0 Å². The second kappa shape index (κ2) is 7.22. The molecule has 26 heavy (non-hydrogen) atoms. The third kappa shape index (κ3) is 3.80. The van der Waals surface area contributed by atoms with Crippen molar-refractivity contribution in [1.29, 1.82) is 0 Å². The minimum atomic E-state index is -1.61. The van der Waals surface area contributed by atoms with Gasteiger partial charge in [-0.15, -0.1) is 0 Å². The highest BCUT2D eigenvalue weighted by atomic mass is 19.2. The summed E-state index contributed by atoms with van der Waals surface area (Å²) in [5, 5.41) is 5.01. The van der Waals surface area contributed by atoms with Crippen molar-refractivity contribution in [1.82, 2.24) is 4.98 Å². The molecule has 0 bridgehead atoms. The summed E-state index contributed by atoms with van der Waals surface area (Å²) < 4.78 is 53.1. The first-order valence-corrected chi connectivity index (χ1v) is 7.36. The van der Waals surface area contributed by atoms with Crippen LogP contribution in [0.4, 0.5) is 34.6 Å². The van der Waals surface area contributed by atoms with Gasteiger partial charge in [-0.25, -0.2) is 17.6 Å². The average Bonchev–Trinajstić information content (AvgIpc) is 2.62. The molecule has 0 fully saturated rings. The number of anilines is 3. The molecule has 0 saturated carbocycles. The quantitative estimate of drug-likeness (QED) is 0.526. The first kappa shape index (κ1) is 17.4. The van der Waals surface area contributed by atoms with Crippen LogP contribution in [0.5, 0.6) is 0 Å². The maximum Gasteiger partial charge on any atom is 0.257 e. The number of nitrogens with zero attached hydrogens (tertiary/aromatic N) is 1. The summed E-state index contributed by atoms with van der Waals surface area (Å²) in [6.45, 7) is 0. The number of carbonyl (C=O) groups excluding carboxylic acids is 1. The van der Waals surface area contributed by atoms with Gasteiger partial charge in [0.25, 0.3) is 5.91 Å². The van der Waals surface area contributed by atoms with E-state index in [4.69, 9.17) is 0 Å². The first-order chi connectivity index (χ1) is 12.4. The van der Waals surface area contributed by atoms with E-state index in [0.29, 0.717) is 0 Å². The lowest BCUT2D eigenvalue weighted by molar-refractivity contribution is 0.102. The Morgan fingerprint density at radius 2 is 1.69 bits per heavy atom. The lowest BCUT2D eigenvalue weighted by Gasteiger charge is -2.10. The number of pyridine rings is 1. The van der Waals surface area contributed by atoms with Crippen LogP contribution in [-0.2, 0) is 0 Å². The summed E-state index contributed by atoms with van der Waals surface area (Å²) in [4.78, 5) is 16.1. The Morgan fingerprint density at radius 1 is 0.885 bits per heavy atom. The van der Waals surface area contributed by atoms with E-state index in [1.54, 1.807) is 0 Å². The lowest BCUT2D eigenvalue weighted by atomic mass is 10.2. The summed E-state index contributed by atoms with van der Waals surface area (Å²) in [5.41, 5.74) is 0.220. The van der Waals surface area contributed by atoms with Crippen molar-refractivity contribution in [3.63, 3.8) is 0 Å². The predicted molar refractivity (Wildman–Crippen MR) is 88.2 cm³/mol.